The summed E-state index contributed by atoms with van der Waals surface area (Å²) in [5, 5.41) is 2.24. The highest BCUT2D eigenvalue weighted by Crippen LogP contribution is 2.21. The second kappa shape index (κ2) is 7.47. The van der Waals surface area contributed by atoms with Gasteiger partial charge < -0.3 is 9.64 Å². The summed E-state index contributed by atoms with van der Waals surface area (Å²) in [6.07, 6.45) is 1.71. The van der Waals surface area contributed by atoms with Gasteiger partial charge in [0, 0.05) is 12.2 Å². The highest BCUT2D eigenvalue weighted by molar-refractivity contribution is 5.94. The van der Waals surface area contributed by atoms with Crippen LogP contribution in [0.1, 0.15) is 0 Å². The third kappa shape index (κ3) is 3.63. The van der Waals surface area contributed by atoms with Gasteiger partial charge in [0.25, 0.3) is 5.91 Å². The molecule has 0 saturated carbocycles. The Balaban J connectivity index is 1.71. The van der Waals surface area contributed by atoms with Gasteiger partial charge in [-0.25, -0.2) is 0 Å². The quantitative estimate of drug-likeness (QED) is 0.629. The van der Waals surface area contributed by atoms with Crippen molar-refractivity contribution in [3.05, 3.63) is 85.5 Å². The minimum Gasteiger partial charge on any atom is -0.484 e. The third-order valence-corrected chi connectivity index (χ3v) is 3.76. The van der Waals surface area contributed by atoms with Crippen molar-refractivity contribution in [2.45, 2.75) is 0 Å². The summed E-state index contributed by atoms with van der Waals surface area (Å²) in [6, 6.07) is 23.4. The van der Waals surface area contributed by atoms with E-state index in [4.69, 9.17) is 4.74 Å². The Hall–Kier alpha value is -3.07. The average molecular weight is 317 g/mol. The van der Waals surface area contributed by atoms with Crippen LogP contribution in [-0.2, 0) is 4.79 Å². The van der Waals surface area contributed by atoms with Crippen molar-refractivity contribution in [1.29, 1.82) is 0 Å². The number of nitrogens with zero attached hydrogens (tertiary/aromatic N) is 1. The number of carbonyl (C=O) groups excluding carboxylic acids is 1. The normalized spacial score (nSPS) is 10.3. The Morgan fingerprint density at radius 3 is 2.42 bits per heavy atom. The minimum absolute atomic E-state index is 0.0128. The number of amides is 1. The van der Waals surface area contributed by atoms with Crippen LogP contribution in [0.15, 0.2) is 85.5 Å². The summed E-state index contributed by atoms with van der Waals surface area (Å²) < 4.78 is 5.70. The zero-order valence-electron chi connectivity index (χ0n) is 13.4. The van der Waals surface area contributed by atoms with Crippen molar-refractivity contribution in [3.8, 4) is 5.75 Å². The van der Waals surface area contributed by atoms with Crippen LogP contribution in [0.5, 0.6) is 5.75 Å². The van der Waals surface area contributed by atoms with Crippen LogP contribution >= 0.6 is 0 Å². The SMILES string of the molecule is C=CCN(C(=O)COc1ccc2ccccc2c1)c1ccccc1. The van der Waals surface area contributed by atoms with Gasteiger partial charge in [-0.2, -0.15) is 0 Å². The topological polar surface area (TPSA) is 29.5 Å². The number of anilines is 1. The van der Waals surface area contributed by atoms with Gasteiger partial charge in [-0.05, 0) is 35.0 Å². The minimum atomic E-state index is -0.103. The first-order valence-electron chi connectivity index (χ1n) is 7.86. The predicted octanol–water partition coefficient (Wildman–Crippen LogP) is 4.44. The maximum atomic E-state index is 12.5. The van der Waals surface area contributed by atoms with Crippen molar-refractivity contribution in [2.75, 3.05) is 18.1 Å². The fraction of sp³-hybridized carbons (Fsp3) is 0.0952. The van der Waals surface area contributed by atoms with Gasteiger partial charge >= 0.3 is 0 Å². The van der Waals surface area contributed by atoms with Gasteiger partial charge in [-0.3, -0.25) is 4.79 Å². The molecule has 1 amide bonds. The van der Waals surface area contributed by atoms with Gasteiger partial charge in [0.1, 0.15) is 5.75 Å². The number of hydrogen-bond donors (Lipinski definition) is 0. The molecule has 24 heavy (non-hydrogen) atoms. The smallest absolute Gasteiger partial charge is 0.265 e. The van der Waals surface area contributed by atoms with Gasteiger partial charge in [-0.1, -0.05) is 54.6 Å². The van der Waals surface area contributed by atoms with E-state index < -0.39 is 0 Å². The number of benzene rings is 3. The Bertz CT molecular complexity index is 843. The van der Waals surface area contributed by atoms with Crippen LogP contribution < -0.4 is 9.64 Å². The van der Waals surface area contributed by atoms with Gasteiger partial charge in [0.15, 0.2) is 6.61 Å². The fourth-order valence-electron chi connectivity index (χ4n) is 2.57. The summed E-state index contributed by atoms with van der Waals surface area (Å²) >= 11 is 0. The zero-order valence-corrected chi connectivity index (χ0v) is 13.4. The lowest BCUT2D eigenvalue weighted by atomic mass is 10.1. The number of hydrogen-bond acceptors (Lipinski definition) is 2. The second-order valence-electron chi connectivity index (χ2n) is 5.43. The molecule has 0 aromatic heterocycles. The predicted molar refractivity (Wildman–Crippen MR) is 98.4 cm³/mol. The molecule has 0 aliphatic carbocycles. The van der Waals surface area contributed by atoms with Crippen molar-refractivity contribution < 1.29 is 9.53 Å². The summed E-state index contributed by atoms with van der Waals surface area (Å²) in [4.78, 5) is 14.2. The van der Waals surface area contributed by atoms with E-state index in [0.717, 1.165) is 16.5 Å². The van der Waals surface area contributed by atoms with Crippen LogP contribution in [0.2, 0.25) is 0 Å². The first-order valence-corrected chi connectivity index (χ1v) is 7.86. The molecule has 0 atom stereocenters. The van der Waals surface area contributed by atoms with Crippen LogP contribution in [-0.4, -0.2) is 19.1 Å². The maximum absolute atomic E-state index is 12.5. The highest BCUT2D eigenvalue weighted by atomic mass is 16.5. The summed E-state index contributed by atoms with van der Waals surface area (Å²) in [5.41, 5.74) is 0.838. The molecule has 0 aliphatic rings. The molecule has 3 aromatic rings. The van der Waals surface area contributed by atoms with Gasteiger partial charge in [-0.15, -0.1) is 6.58 Å². The molecule has 0 saturated heterocycles. The van der Waals surface area contributed by atoms with Crippen LogP contribution in [0.25, 0.3) is 10.8 Å². The summed E-state index contributed by atoms with van der Waals surface area (Å²) in [5.74, 6) is 0.586. The van der Waals surface area contributed by atoms with Crippen molar-refractivity contribution in [1.82, 2.24) is 0 Å². The molecule has 0 heterocycles. The highest BCUT2D eigenvalue weighted by Gasteiger charge is 2.14. The number of rotatable bonds is 6. The molecular formula is C21H19NO2. The molecule has 3 aromatic carbocycles. The number of carbonyl (C=O) groups is 1. The lowest BCUT2D eigenvalue weighted by Crippen LogP contribution is -2.35. The lowest BCUT2D eigenvalue weighted by Gasteiger charge is -2.21. The van der Waals surface area contributed by atoms with E-state index in [0.29, 0.717) is 12.3 Å². The standard InChI is InChI=1S/C21H19NO2/c1-2-14-22(19-10-4-3-5-11-19)21(23)16-24-20-13-12-17-8-6-7-9-18(17)15-20/h2-13,15H,1,14,16H2. The van der Waals surface area contributed by atoms with E-state index in [1.165, 1.54) is 0 Å². The molecule has 0 aliphatic heterocycles. The summed E-state index contributed by atoms with van der Waals surface area (Å²) in [6.45, 7) is 4.16. The molecule has 0 fully saturated rings. The lowest BCUT2D eigenvalue weighted by molar-refractivity contribution is -0.120. The van der Waals surface area contributed by atoms with E-state index >= 15 is 0 Å². The van der Waals surface area contributed by atoms with Crippen LogP contribution in [0.4, 0.5) is 5.69 Å². The zero-order chi connectivity index (χ0) is 16.8. The Kier molecular flexibility index (Phi) is 4.92. The molecular weight excluding hydrogens is 298 g/mol. The van der Waals surface area contributed by atoms with E-state index in [-0.39, 0.29) is 12.5 Å². The fourth-order valence-corrected chi connectivity index (χ4v) is 2.57. The van der Waals surface area contributed by atoms with Crippen LogP contribution in [0, 0.1) is 0 Å². The molecule has 0 bridgehead atoms. The summed E-state index contributed by atoms with van der Waals surface area (Å²) in [7, 11) is 0. The van der Waals surface area contributed by atoms with Gasteiger partial charge in [0.05, 0.1) is 0 Å². The maximum Gasteiger partial charge on any atom is 0.265 e. The molecule has 0 spiro atoms. The molecule has 0 unspecified atom stereocenters. The largest absolute Gasteiger partial charge is 0.484 e. The van der Waals surface area contributed by atoms with Gasteiger partial charge in [0.2, 0.25) is 0 Å². The Morgan fingerprint density at radius 2 is 1.67 bits per heavy atom. The number of ether oxygens (including phenoxy) is 1. The van der Waals surface area contributed by atoms with Crippen molar-refractivity contribution in [3.63, 3.8) is 0 Å². The molecule has 3 nitrogen and oxygen atoms in total. The van der Waals surface area contributed by atoms with E-state index in [1.54, 1.807) is 11.0 Å². The second-order valence-corrected chi connectivity index (χ2v) is 5.43. The molecule has 3 rings (SSSR count). The third-order valence-electron chi connectivity index (χ3n) is 3.76. The van der Waals surface area contributed by atoms with E-state index in [2.05, 4.69) is 6.58 Å². The van der Waals surface area contributed by atoms with Crippen molar-refractivity contribution >= 4 is 22.4 Å². The monoisotopic (exact) mass is 317 g/mol. The molecule has 120 valence electrons. The first kappa shape index (κ1) is 15.8. The van der Waals surface area contributed by atoms with E-state index in [1.807, 2.05) is 72.8 Å². The Morgan fingerprint density at radius 1 is 0.958 bits per heavy atom. The average Bonchev–Trinajstić information content (AvgIpc) is 2.64. The van der Waals surface area contributed by atoms with Crippen LogP contribution in [0.3, 0.4) is 0 Å². The molecule has 3 heteroatoms. The molecule has 0 radical (unpaired) electrons. The first-order chi connectivity index (χ1) is 11.8. The molecule has 0 N–H and O–H groups in total. The number of para-hydroxylation sites is 1. The van der Waals surface area contributed by atoms with E-state index in [9.17, 15) is 4.79 Å². The number of fused-ring (bicyclic) bond motifs is 1. The Labute approximate surface area is 141 Å². The van der Waals surface area contributed by atoms with Crippen molar-refractivity contribution in [2.24, 2.45) is 0 Å².